The number of hydrogen-bond acceptors (Lipinski definition) is 1. The van der Waals surface area contributed by atoms with Crippen LogP contribution in [0, 0.1) is 12.3 Å². The van der Waals surface area contributed by atoms with Crippen LogP contribution in [0.2, 0.25) is 5.02 Å². The lowest BCUT2D eigenvalue weighted by Crippen LogP contribution is -2.30. The van der Waals surface area contributed by atoms with Crippen LogP contribution in [0.5, 0.6) is 0 Å². The normalized spacial score (nSPS) is 11.3. The van der Waals surface area contributed by atoms with Crippen molar-refractivity contribution in [1.29, 1.82) is 0 Å². The molecule has 2 nitrogen and oxygen atoms in total. The Labute approximate surface area is 102 Å². The van der Waals surface area contributed by atoms with Crippen molar-refractivity contribution >= 4 is 23.2 Å². The Morgan fingerprint density at radius 3 is 2.62 bits per heavy atom. The molecule has 0 spiro atoms. The summed E-state index contributed by atoms with van der Waals surface area (Å²) in [6, 6.07) is 5.49. The van der Waals surface area contributed by atoms with Gasteiger partial charge in [-0.05, 0) is 31.0 Å². The van der Waals surface area contributed by atoms with Crippen LogP contribution in [0.15, 0.2) is 18.2 Å². The van der Waals surface area contributed by atoms with E-state index in [0.29, 0.717) is 5.02 Å². The molecule has 16 heavy (non-hydrogen) atoms. The Hall–Kier alpha value is -1.02. The second kappa shape index (κ2) is 4.88. The number of nitrogens with one attached hydrogen (secondary N) is 1. The molecule has 0 aliphatic rings. The Morgan fingerprint density at radius 1 is 1.44 bits per heavy atom. The van der Waals surface area contributed by atoms with Crippen molar-refractivity contribution in [3.63, 3.8) is 0 Å². The molecule has 0 aromatic heterocycles. The van der Waals surface area contributed by atoms with Crippen LogP contribution in [-0.4, -0.2) is 5.91 Å². The summed E-state index contributed by atoms with van der Waals surface area (Å²) in [6.45, 7) is 7.82. The van der Waals surface area contributed by atoms with E-state index in [9.17, 15) is 4.79 Å². The zero-order valence-corrected chi connectivity index (χ0v) is 11.0. The van der Waals surface area contributed by atoms with Crippen LogP contribution in [0.3, 0.4) is 0 Å². The van der Waals surface area contributed by atoms with Gasteiger partial charge in [-0.2, -0.15) is 0 Å². The first-order valence-electron chi connectivity index (χ1n) is 5.44. The molecule has 3 heteroatoms. The fraction of sp³-hybridized carbons (Fsp3) is 0.462. The molecule has 0 heterocycles. The smallest absolute Gasteiger partial charge is 0.230 e. The maximum absolute atomic E-state index is 12.0. The molecule has 0 fully saturated rings. The molecule has 1 rings (SSSR count). The summed E-state index contributed by atoms with van der Waals surface area (Å²) in [5.74, 6) is 0.0281. The highest BCUT2D eigenvalue weighted by Crippen LogP contribution is 2.25. The van der Waals surface area contributed by atoms with Gasteiger partial charge in [0, 0.05) is 16.1 Å². The molecule has 0 radical (unpaired) electrons. The van der Waals surface area contributed by atoms with Crippen molar-refractivity contribution in [3.05, 3.63) is 28.8 Å². The average Bonchev–Trinajstić information content (AvgIpc) is 2.23. The molecule has 1 amide bonds. The molecule has 0 saturated heterocycles. The van der Waals surface area contributed by atoms with Crippen LogP contribution in [0.4, 0.5) is 5.69 Å². The first-order chi connectivity index (χ1) is 7.36. The number of anilines is 1. The third kappa shape index (κ3) is 2.99. The van der Waals surface area contributed by atoms with Crippen LogP contribution in [-0.2, 0) is 4.79 Å². The Morgan fingerprint density at radius 2 is 2.06 bits per heavy atom. The number of aryl methyl sites for hydroxylation is 1. The van der Waals surface area contributed by atoms with Crippen molar-refractivity contribution in [2.24, 2.45) is 5.41 Å². The standard InChI is InChI=1S/C13H18ClNO/c1-5-13(3,4)12(16)15-11-8-10(14)7-6-9(11)2/h6-8H,5H2,1-4H3,(H,15,16). The minimum Gasteiger partial charge on any atom is -0.325 e. The van der Waals surface area contributed by atoms with Gasteiger partial charge >= 0.3 is 0 Å². The molecule has 0 unspecified atom stereocenters. The number of amides is 1. The number of carbonyl (C=O) groups excluding carboxylic acids is 1. The van der Waals surface area contributed by atoms with Gasteiger partial charge in [0.1, 0.15) is 0 Å². The second-order valence-electron chi connectivity index (χ2n) is 4.65. The van der Waals surface area contributed by atoms with Gasteiger partial charge in [0.05, 0.1) is 0 Å². The van der Waals surface area contributed by atoms with Gasteiger partial charge in [-0.25, -0.2) is 0 Å². The zero-order chi connectivity index (χ0) is 12.3. The molecule has 0 saturated carbocycles. The maximum Gasteiger partial charge on any atom is 0.230 e. The number of benzene rings is 1. The highest BCUT2D eigenvalue weighted by atomic mass is 35.5. The lowest BCUT2D eigenvalue weighted by atomic mass is 9.89. The Bertz CT molecular complexity index is 399. The maximum atomic E-state index is 12.0. The highest BCUT2D eigenvalue weighted by Gasteiger charge is 2.25. The molecule has 0 aliphatic heterocycles. The summed E-state index contributed by atoms with van der Waals surface area (Å²) < 4.78 is 0. The predicted molar refractivity (Wildman–Crippen MR) is 68.9 cm³/mol. The van der Waals surface area contributed by atoms with E-state index < -0.39 is 0 Å². The monoisotopic (exact) mass is 239 g/mol. The SMILES string of the molecule is CCC(C)(C)C(=O)Nc1cc(Cl)ccc1C. The minimum atomic E-state index is -0.352. The number of halogens is 1. The second-order valence-corrected chi connectivity index (χ2v) is 5.09. The van der Waals surface area contributed by atoms with Crippen molar-refractivity contribution in [1.82, 2.24) is 0 Å². The fourth-order valence-corrected chi connectivity index (χ4v) is 1.35. The topological polar surface area (TPSA) is 29.1 Å². The van der Waals surface area contributed by atoms with E-state index in [-0.39, 0.29) is 11.3 Å². The molecule has 1 N–H and O–H groups in total. The van der Waals surface area contributed by atoms with Crippen molar-refractivity contribution in [2.45, 2.75) is 34.1 Å². The highest BCUT2D eigenvalue weighted by molar-refractivity contribution is 6.31. The third-order valence-electron chi connectivity index (χ3n) is 2.95. The predicted octanol–water partition coefficient (Wildman–Crippen LogP) is 4.02. The van der Waals surface area contributed by atoms with E-state index in [1.54, 1.807) is 6.07 Å². The summed E-state index contributed by atoms with van der Waals surface area (Å²) in [5.41, 5.74) is 1.46. The summed E-state index contributed by atoms with van der Waals surface area (Å²) >= 11 is 5.90. The van der Waals surface area contributed by atoms with Gasteiger partial charge in [-0.3, -0.25) is 4.79 Å². The first-order valence-corrected chi connectivity index (χ1v) is 5.82. The van der Waals surface area contributed by atoms with Gasteiger partial charge < -0.3 is 5.32 Å². The zero-order valence-electron chi connectivity index (χ0n) is 10.2. The van der Waals surface area contributed by atoms with Crippen molar-refractivity contribution < 1.29 is 4.79 Å². The molecule has 1 aromatic carbocycles. The van der Waals surface area contributed by atoms with Gasteiger partial charge in [0.2, 0.25) is 5.91 Å². The van der Waals surface area contributed by atoms with Crippen LogP contribution < -0.4 is 5.32 Å². The van der Waals surface area contributed by atoms with E-state index in [1.807, 2.05) is 39.8 Å². The van der Waals surface area contributed by atoms with E-state index in [1.165, 1.54) is 0 Å². The van der Waals surface area contributed by atoms with Gasteiger partial charge in [-0.1, -0.05) is 38.4 Å². The minimum absolute atomic E-state index is 0.0281. The van der Waals surface area contributed by atoms with Crippen LogP contribution in [0.25, 0.3) is 0 Å². The quantitative estimate of drug-likeness (QED) is 0.848. The fourth-order valence-electron chi connectivity index (χ4n) is 1.18. The number of hydrogen-bond donors (Lipinski definition) is 1. The van der Waals surface area contributed by atoms with Gasteiger partial charge in [0.25, 0.3) is 0 Å². The van der Waals surface area contributed by atoms with E-state index in [2.05, 4.69) is 5.32 Å². The van der Waals surface area contributed by atoms with Crippen LogP contribution in [0.1, 0.15) is 32.8 Å². The van der Waals surface area contributed by atoms with Crippen molar-refractivity contribution in [2.75, 3.05) is 5.32 Å². The Balaban J connectivity index is 2.89. The molecular formula is C13H18ClNO. The van der Waals surface area contributed by atoms with Gasteiger partial charge in [0.15, 0.2) is 0 Å². The summed E-state index contributed by atoms with van der Waals surface area (Å²) in [4.78, 5) is 12.0. The third-order valence-corrected chi connectivity index (χ3v) is 3.18. The molecule has 0 bridgehead atoms. The molecule has 0 atom stereocenters. The largest absolute Gasteiger partial charge is 0.325 e. The summed E-state index contributed by atoms with van der Waals surface area (Å²) in [6.07, 6.45) is 0.804. The number of rotatable bonds is 3. The summed E-state index contributed by atoms with van der Waals surface area (Å²) in [7, 11) is 0. The first kappa shape index (κ1) is 13.0. The average molecular weight is 240 g/mol. The van der Waals surface area contributed by atoms with Crippen LogP contribution >= 0.6 is 11.6 Å². The summed E-state index contributed by atoms with van der Waals surface area (Å²) in [5, 5.41) is 3.55. The van der Waals surface area contributed by atoms with E-state index >= 15 is 0 Å². The van der Waals surface area contributed by atoms with E-state index in [4.69, 9.17) is 11.6 Å². The van der Waals surface area contributed by atoms with Crippen molar-refractivity contribution in [3.8, 4) is 0 Å². The Kier molecular flexibility index (Phi) is 3.98. The molecule has 1 aromatic rings. The number of carbonyl (C=O) groups is 1. The van der Waals surface area contributed by atoms with Gasteiger partial charge in [-0.15, -0.1) is 0 Å². The molecular weight excluding hydrogens is 222 g/mol. The molecule has 88 valence electrons. The van der Waals surface area contributed by atoms with E-state index in [0.717, 1.165) is 17.7 Å². The molecule has 0 aliphatic carbocycles. The lowest BCUT2D eigenvalue weighted by molar-refractivity contribution is -0.124. The lowest BCUT2D eigenvalue weighted by Gasteiger charge is -2.22.